The van der Waals surface area contributed by atoms with E-state index in [0.29, 0.717) is 0 Å². The molecule has 3 heteroatoms. The molecule has 0 radical (unpaired) electrons. The number of rotatable bonds is 0. The summed E-state index contributed by atoms with van der Waals surface area (Å²) in [6, 6.07) is 0. The van der Waals surface area contributed by atoms with E-state index in [2.05, 4.69) is 9.98 Å². The molecule has 0 atom stereocenters. The molecule has 0 saturated carbocycles. The highest BCUT2D eigenvalue weighted by atomic mass is 15.2. The second-order valence-corrected chi connectivity index (χ2v) is 2.07. The summed E-state index contributed by atoms with van der Waals surface area (Å²) < 4.78 is 0. The topological polar surface area (TPSA) is 28.0 Å². The first-order valence-electron chi connectivity index (χ1n) is 3.16. The molecule has 0 N–H and O–H groups in total. The Bertz CT molecular complexity index is 248. The van der Waals surface area contributed by atoms with Gasteiger partial charge in [0.1, 0.15) is 0 Å². The molecule has 3 nitrogen and oxygen atoms in total. The number of amidine groups is 1. The first-order chi connectivity index (χ1) is 4.97. The fourth-order valence-electron chi connectivity index (χ4n) is 0.919. The van der Waals surface area contributed by atoms with Crippen LogP contribution in [0.1, 0.15) is 0 Å². The molecule has 10 heavy (non-hydrogen) atoms. The van der Waals surface area contributed by atoms with E-state index in [0.717, 1.165) is 12.4 Å². The first kappa shape index (κ1) is 5.41. The van der Waals surface area contributed by atoms with Crippen molar-refractivity contribution in [1.29, 1.82) is 0 Å². The van der Waals surface area contributed by atoms with E-state index < -0.39 is 0 Å². The molecular formula is C7H7N3. The predicted octanol–water partition coefficient (Wildman–Crippen LogP) is 0.770. The maximum atomic E-state index is 4.21. The van der Waals surface area contributed by atoms with E-state index in [1.807, 2.05) is 23.4 Å². The van der Waals surface area contributed by atoms with Gasteiger partial charge >= 0.3 is 0 Å². The van der Waals surface area contributed by atoms with Crippen molar-refractivity contribution in [2.24, 2.45) is 9.98 Å². The molecule has 2 aliphatic heterocycles. The third kappa shape index (κ3) is 0.757. The normalized spacial score (nSPS) is 20.8. The predicted molar refractivity (Wildman–Crippen MR) is 40.9 cm³/mol. The Morgan fingerprint density at radius 3 is 3.30 bits per heavy atom. The quantitative estimate of drug-likeness (QED) is 0.479. The minimum Gasteiger partial charge on any atom is -0.306 e. The number of fused-ring (bicyclic) bond motifs is 1. The van der Waals surface area contributed by atoms with E-state index in [-0.39, 0.29) is 0 Å². The van der Waals surface area contributed by atoms with E-state index >= 15 is 0 Å². The van der Waals surface area contributed by atoms with Crippen molar-refractivity contribution in [2.75, 3.05) is 6.54 Å². The lowest BCUT2D eigenvalue weighted by Crippen LogP contribution is -2.25. The van der Waals surface area contributed by atoms with Gasteiger partial charge in [0.05, 0.1) is 12.8 Å². The first-order valence-corrected chi connectivity index (χ1v) is 3.16. The lowest BCUT2D eigenvalue weighted by atomic mass is 10.4. The van der Waals surface area contributed by atoms with E-state index in [1.54, 1.807) is 12.4 Å². The van der Waals surface area contributed by atoms with Crippen molar-refractivity contribution in [1.82, 2.24) is 4.90 Å². The lowest BCUT2D eigenvalue weighted by Gasteiger charge is -2.19. The third-order valence-electron chi connectivity index (χ3n) is 1.39. The molecule has 0 saturated heterocycles. The van der Waals surface area contributed by atoms with Crippen LogP contribution in [0, 0.1) is 0 Å². The average Bonchev–Trinajstić information content (AvgIpc) is 2.05. The summed E-state index contributed by atoms with van der Waals surface area (Å²) in [5.41, 5.74) is 0. The molecule has 0 aliphatic carbocycles. The molecule has 2 aliphatic rings. The van der Waals surface area contributed by atoms with Gasteiger partial charge < -0.3 is 4.90 Å². The van der Waals surface area contributed by atoms with E-state index in [9.17, 15) is 0 Å². The van der Waals surface area contributed by atoms with Crippen molar-refractivity contribution in [3.63, 3.8) is 0 Å². The summed E-state index contributed by atoms with van der Waals surface area (Å²) in [7, 11) is 0. The highest BCUT2D eigenvalue weighted by molar-refractivity contribution is 6.30. The minimum atomic E-state index is 0.770. The molecule has 0 aromatic carbocycles. The lowest BCUT2D eigenvalue weighted by molar-refractivity contribution is 0.739. The summed E-state index contributed by atoms with van der Waals surface area (Å²) in [5, 5.41) is 0. The SMILES string of the molecule is C1=CN2C=CN=CC2=NC1. The van der Waals surface area contributed by atoms with Gasteiger partial charge in [-0.2, -0.15) is 0 Å². The molecule has 0 bridgehead atoms. The summed E-state index contributed by atoms with van der Waals surface area (Å²) in [4.78, 5) is 10.1. The highest BCUT2D eigenvalue weighted by Gasteiger charge is 2.06. The maximum absolute atomic E-state index is 4.21. The van der Waals surface area contributed by atoms with Crippen molar-refractivity contribution in [3.8, 4) is 0 Å². The standard InChI is InChI=1S/C7H7N3/c1-2-9-7-6-8-3-5-10(7)4-1/h1,3-6H,2H2. The molecule has 0 aromatic heterocycles. The Balaban J connectivity index is 2.33. The molecule has 0 spiro atoms. The van der Waals surface area contributed by atoms with Crippen molar-refractivity contribution in [3.05, 3.63) is 24.7 Å². The Morgan fingerprint density at radius 1 is 1.40 bits per heavy atom. The van der Waals surface area contributed by atoms with Crippen LogP contribution in [0.25, 0.3) is 0 Å². The van der Waals surface area contributed by atoms with Crippen LogP contribution in [0.3, 0.4) is 0 Å². The van der Waals surface area contributed by atoms with Crippen LogP contribution in [-0.4, -0.2) is 23.5 Å². The van der Waals surface area contributed by atoms with E-state index in [4.69, 9.17) is 0 Å². The summed E-state index contributed by atoms with van der Waals surface area (Å²) in [6.45, 7) is 0.770. The molecule has 0 amide bonds. The van der Waals surface area contributed by atoms with Crippen LogP contribution in [-0.2, 0) is 0 Å². The van der Waals surface area contributed by atoms with Gasteiger partial charge in [0.15, 0.2) is 5.84 Å². The smallest absolute Gasteiger partial charge is 0.150 e. The van der Waals surface area contributed by atoms with Gasteiger partial charge in [-0.15, -0.1) is 0 Å². The Hall–Kier alpha value is -1.38. The minimum absolute atomic E-state index is 0.770. The fourth-order valence-corrected chi connectivity index (χ4v) is 0.919. The Morgan fingerprint density at radius 2 is 2.40 bits per heavy atom. The van der Waals surface area contributed by atoms with Crippen LogP contribution < -0.4 is 0 Å². The summed E-state index contributed by atoms with van der Waals surface area (Å²) >= 11 is 0. The van der Waals surface area contributed by atoms with Crippen molar-refractivity contribution < 1.29 is 0 Å². The molecule has 0 unspecified atom stereocenters. The van der Waals surface area contributed by atoms with Crippen LogP contribution in [0.5, 0.6) is 0 Å². The zero-order chi connectivity index (χ0) is 6.81. The largest absolute Gasteiger partial charge is 0.306 e. The summed E-state index contributed by atoms with van der Waals surface area (Å²) in [6.07, 6.45) is 9.38. The van der Waals surface area contributed by atoms with Gasteiger partial charge in [-0.05, 0) is 6.08 Å². The van der Waals surface area contributed by atoms with Gasteiger partial charge in [-0.3, -0.25) is 9.98 Å². The number of nitrogens with zero attached hydrogens (tertiary/aromatic N) is 3. The monoisotopic (exact) mass is 133 g/mol. The van der Waals surface area contributed by atoms with Crippen LogP contribution in [0.15, 0.2) is 34.7 Å². The molecule has 0 aromatic rings. The van der Waals surface area contributed by atoms with E-state index in [1.165, 1.54) is 0 Å². The Kier molecular flexibility index (Phi) is 1.13. The van der Waals surface area contributed by atoms with Gasteiger partial charge in [-0.25, -0.2) is 0 Å². The fraction of sp³-hybridized carbons (Fsp3) is 0.143. The van der Waals surface area contributed by atoms with Crippen molar-refractivity contribution >= 4 is 12.1 Å². The van der Waals surface area contributed by atoms with Crippen LogP contribution >= 0.6 is 0 Å². The molecule has 50 valence electrons. The highest BCUT2D eigenvalue weighted by Crippen LogP contribution is 2.03. The van der Waals surface area contributed by atoms with Gasteiger partial charge in [-0.1, -0.05) is 0 Å². The zero-order valence-electron chi connectivity index (χ0n) is 5.44. The second-order valence-electron chi connectivity index (χ2n) is 2.07. The molecule has 0 fully saturated rings. The molecular weight excluding hydrogens is 126 g/mol. The van der Waals surface area contributed by atoms with Gasteiger partial charge in [0, 0.05) is 18.6 Å². The third-order valence-corrected chi connectivity index (χ3v) is 1.39. The average molecular weight is 133 g/mol. The Labute approximate surface area is 59.1 Å². The van der Waals surface area contributed by atoms with Crippen LogP contribution in [0.4, 0.5) is 0 Å². The number of hydrogen-bond acceptors (Lipinski definition) is 3. The zero-order valence-corrected chi connectivity index (χ0v) is 5.44. The van der Waals surface area contributed by atoms with Gasteiger partial charge in [0.2, 0.25) is 0 Å². The van der Waals surface area contributed by atoms with Crippen molar-refractivity contribution in [2.45, 2.75) is 0 Å². The van der Waals surface area contributed by atoms with Gasteiger partial charge in [0.25, 0.3) is 0 Å². The number of hydrogen-bond donors (Lipinski definition) is 0. The second kappa shape index (κ2) is 2.10. The number of aliphatic imine (C=N–C) groups is 2. The van der Waals surface area contributed by atoms with Crippen LogP contribution in [0.2, 0.25) is 0 Å². The molecule has 2 heterocycles. The summed E-state index contributed by atoms with van der Waals surface area (Å²) in [5.74, 6) is 0.921. The molecule has 2 rings (SSSR count). The maximum Gasteiger partial charge on any atom is 0.150 e.